The van der Waals surface area contributed by atoms with Gasteiger partial charge in [-0.25, -0.2) is 0 Å². The molecule has 2 aromatic carbocycles. The summed E-state index contributed by atoms with van der Waals surface area (Å²) < 4.78 is 11.5. The number of nitrogens with zero attached hydrogens (tertiary/aromatic N) is 1. The van der Waals surface area contributed by atoms with E-state index < -0.39 is 0 Å². The lowest BCUT2D eigenvalue weighted by Gasteiger charge is -2.20. The van der Waals surface area contributed by atoms with E-state index >= 15 is 0 Å². The predicted molar refractivity (Wildman–Crippen MR) is 115 cm³/mol. The van der Waals surface area contributed by atoms with Gasteiger partial charge in [0.25, 0.3) is 5.91 Å². The van der Waals surface area contributed by atoms with Crippen molar-refractivity contribution in [1.29, 1.82) is 0 Å². The van der Waals surface area contributed by atoms with E-state index in [9.17, 15) is 9.59 Å². The molecule has 0 atom stereocenters. The van der Waals surface area contributed by atoms with Crippen molar-refractivity contribution in [3.8, 4) is 11.5 Å². The molecule has 2 amide bonds. The molecular formula is C24H30N2O4. The molecule has 3 rings (SSSR count). The standard InChI is InChI=1S/C24H30N2O4/c27-23(25-15-9-17-26-16-8-2-5-14-24(26)28)19-30-22-13-7-6-12-21(22)29-18-20-10-3-1-4-11-20/h1,3-4,6-7,10-13H,2,5,8-9,14-19H2,(H,25,27). The minimum absolute atomic E-state index is 0.0750. The van der Waals surface area contributed by atoms with Gasteiger partial charge in [-0.2, -0.15) is 0 Å². The second-order valence-corrected chi connectivity index (χ2v) is 7.40. The summed E-state index contributed by atoms with van der Waals surface area (Å²) in [5.74, 6) is 1.19. The van der Waals surface area contributed by atoms with Crippen LogP contribution in [-0.2, 0) is 16.2 Å². The van der Waals surface area contributed by atoms with Crippen LogP contribution in [0.5, 0.6) is 11.5 Å². The molecule has 1 fully saturated rings. The summed E-state index contributed by atoms with van der Waals surface area (Å²) in [4.78, 5) is 26.0. The van der Waals surface area contributed by atoms with Crippen LogP contribution in [0.4, 0.5) is 0 Å². The fraction of sp³-hybridized carbons (Fsp3) is 0.417. The molecule has 6 heteroatoms. The largest absolute Gasteiger partial charge is 0.485 e. The summed E-state index contributed by atoms with van der Waals surface area (Å²) >= 11 is 0. The molecule has 0 aliphatic carbocycles. The lowest BCUT2D eigenvalue weighted by atomic mass is 10.2. The molecule has 0 radical (unpaired) electrons. The van der Waals surface area contributed by atoms with Gasteiger partial charge < -0.3 is 19.7 Å². The number of para-hydroxylation sites is 2. The molecule has 1 heterocycles. The molecule has 2 aromatic rings. The van der Waals surface area contributed by atoms with Crippen LogP contribution in [0.25, 0.3) is 0 Å². The lowest BCUT2D eigenvalue weighted by molar-refractivity contribution is -0.130. The van der Waals surface area contributed by atoms with Gasteiger partial charge >= 0.3 is 0 Å². The number of amides is 2. The van der Waals surface area contributed by atoms with Crippen LogP contribution in [0.1, 0.15) is 37.7 Å². The Bertz CT molecular complexity index is 810. The Morgan fingerprint density at radius 2 is 1.67 bits per heavy atom. The van der Waals surface area contributed by atoms with Gasteiger partial charge in [-0.05, 0) is 37.0 Å². The van der Waals surface area contributed by atoms with Crippen LogP contribution in [0.3, 0.4) is 0 Å². The Balaban J connectivity index is 1.37. The number of nitrogens with one attached hydrogen (secondary N) is 1. The third-order valence-corrected chi connectivity index (χ3v) is 5.04. The van der Waals surface area contributed by atoms with Gasteiger partial charge in [-0.3, -0.25) is 9.59 Å². The summed E-state index contributed by atoms with van der Waals surface area (Å²) in [5, 5.41) is 2.86. The first kappa shape index (κ1) is 21.7. The van der Waals surface area contributed by atoms with Crippen LogP contribution in [0.2, 0.25) is 0 Å². The van der Waals surface area contributed by atoms with Crippen LogP contribution in [0.15, 0.2) is 54.6 Å². The van der Waals surface area contributed by atoms with Crippen molar-refractivity contribution in [1.82, 2.24) is 10.2 Å². The zero-order valence-corrected chi connectivity index (χ0v) is 17.3. The second-order valence-electron chi connectivity index (χ2n) is 7.40. The van der Waals surface area contributed by atoms with Gasteiger partial charge in [0.15, 0.2) is 18.1 Å². The number of hydrogen-bond donors (Lipinski definition) is 1. The number of rotatable bonds is 10. The Hall–Kier alpha value is -3.02. The molecule has 1 saturated heterocycles. The molecule has 1 aliphatic heterocycles. The van der Waals surface area contributed by atoms with E-state index in [2.05, 4.69) is 5.32 Å². The lowest BCUT2D eigenvalue weighted by Crippen LogP contribution is -2.35. The highest BCUT2D eigenvalue weighted by Gasteiger charge is 2.15. The van der Waals surface area contributed by atoms with Crippen LogP contribution < -0.4 is 14.8 Å². The van der Waals surface area contributed by atoms with Crippen molar-refractivity contribution < 1.29 is 19.1 Å². The Morgan fingerprint density at radius 3 is 2.47 bits per heavy atom. The number of benzene rings is 2. The molecule has 0 unspecified atom stereocenters. The zero-order chi connectivity index (χ0) is 21.0. The van der Waals surface area contributed by atoms with Gasteiger partial charge in [0.05, 0.1) is 0 Å². The predicted octanol–water partition coefficient (Wildman–Crippen LogP) is 3.55. The topological polar surface area (TPSA) is 67.9 Å². The smallest absolute Gasteiger partial charge is 0.257 e. The van der Waals surface area contributed by atoms with Crippen molar-refractivity contribution >= 4 is 11.8 Å². The highest BCUT2D eigenvalue weighted by molar-refractivity contribution is 5.77. The highest BCUT2D eigenvalue weighted by Crippen LogP contribution is 2.27. The third-order valence-electron chi connectivity index (χ3n) is 5.04. The first-order chi connectivity index (χ1) is 14.7. The molecule has 6 nitrogen and oxygen atoms in total. The molecule has 0 bridgehead atoms. The summed E-state index contributed by atoms with van der Waals surface area (Å²) in [7, 11) is 0. The van der Waals surface area contributed by atoms with Crippen molar-refractivity contribution in [2.24, 2.45) is 0 Å². The minimum Gasteiger partial charge on any atom is -0.485 e. The number of hydrogen-bond acceptors (Lipinski definition) is 4. The monoisotopic (exact) mass is 410 g/mol. The molecule has 0 spiro atoms. The van der Waals surface area contributed by atoms with E-state index in [1.54, 1.807) is 6.07 Å². The zero-order valence-electron chi connectivity index (χ0n) is 17.3. The maximum Gasteiger partial charge on any atom is 0.257 e. The second kappa shape index (κ2) is 11.9. The Kier molecular flexibility index (Phi) is 8.57. The molecular weight excluding hydrogens is 380 g/mol. The third kappa shape index (κ3) is 7.10. The molecule has 1 N–H and O–H groups in total. The average molecular weight is 411 g/mol. The van der Waals surface area contributed by atoms with E-state index in [0.717, 1.165) is 37.8 Å². The van der Waals surface area contributed by atoms with Gasteiger partial charge in [-0.1, -0.05) is 48.9 Å². The quantitative estimate of drug-likeness (QED) is 0.608. The summed E-state index contributed by atoms with van der Waals surface area (Å²) in [6.07, 6.45) is 4.56. The summed E-state index contributed by atoms with van der Waals surface area (Å²) in [6.45, 7) is 2.40. The van der Waals surface area contributed by atoms with Crippen LogP contribution in [-0.4, -0.2) is 43.0 Å². The molecule has 30 heavy (non-hydrogen) atoms. The van der Waals surface area contributed by atoms with E-state index in [-0.39, 0.29) is 18.4 Å². The SMILES string of the molecule is O=C(COc1ccccc1OCc1ccccc1)NCCCN1CCCCCC1=O. The van der Waals surface area contributed by atoms with Crippen LogP contribution >= 0.6 is 0 Å². The fourth-order valence-corrected chi connectivity index (χ4v) is 3.39. The molecule has 1 aliphatic rings. The van der Waals surface area contributed by atoms with Crippen molar-refractivity contribution in [3.05, 3.63) is 60.2 Å². The molecule has 0 saturated carbocycles. The van der Waals surface area contributed by atoms with Crippen LogP contribution in [0, 0.1) is 0 Å². The average Bonchev–Trinajstić information content (AvgIpc) is 2.99. The highest BCUT2D eigenvalue weighted by atomic mass is 16.5. The minimum atomic E-state index is -0.185. The normalized spacial score (nSPS) is 14.1. The van der Waals surface area contributed by atoms with Gasteiger partial charge in [0.1, 0.15) is 6.61 Å². The number of carbonyl (C=O) groups excluding carboxylic acids is 2. The van der Waals surface area contributed by atoms with E-state index in [4.69, 9.17) is 9.47 Å². The molecule has 160 valence electrons. The summed E-state index contributed by atoms with van der Waals surface area (Å²) in [6, 6.07) is 17.2. The first-order valence-electron chi connectivity index (χ1n) is 10.7. The van der Waals surface area contributed by atoms with E-state index in [1.807, 2.05) is 53.4 Å². The van der Waals surface area contributed by atoms with Gasteiger partial charge in [-0.15, -0.1) is 0 Å². The van der Waals surface area contributed by atoms with E-state index in [1.165, 1.54) is 0 Å². The van der Waals surface area contributed by atoms with E-state index in [0.29, 0.717) is 37.6 Å². The van der Waals surface area contributed by atoms with Gasteiger partial charge in [0, 0.05) is 26.1 Å². The van der Waals surface area contributed by atoms with Crippen molar-refractivity contribution in [2.75, 3.05) is 26.2 Å². The maximum atomic E-state index is 12.1. The molecule has 0 aromatic heterocycles. The van der Waals surface area contributed by atoms with Crippen molar-refractivity contribution in [3.63, 3.8) is 0 Å². The van der Waals surface area contributed by atoms with Gasteiger partial charge in [0.2, 0.25) is 5.91 Å². The number of carbonyl (C=O) groups is 2. The maximum absolute atomic E-state index is 12.1. The van der Waals surface area contributed by atoms with Crippen molar-refractivity contribution in [2.45, 2.75) is 38.7 Å². The fourth-order valence-electron chi connectivity index (χ4n) is 3.39. The Labute approximate surface area is 178 Å². The number of ether oxygens (including phenoxy) is 2. The first-order valence-corrected chi connectivity index (χ1v) is 10.7. The Morgan fingerprint density at radius 1 is 0.933 bits per heavy atom. The summed E-state index contributed by atoms with van der Waals surface area (Å²) in [5.41, 5.74) is 1.06. The number of likely N-dealkylation sites (tertiary alicyclic amines) is 1.